The minimum Gasteiger partial charge on any atom is -0.317 e. The van der Waals surface area contributed by atoms with E-state index in [2.05, 4.69) is 38.3 Å². The zero-order valence-electron chi connectivity index (χ0n) is 10.2. The Balaban J connectivity index is 2.47. The zero-order valence-corrected chi connectivity index (χ0v) is 10.2. The van der Waals surface area contributed by atoms with Gasteiger partial charge < -0.3 is 10.2 Å². The van der Waals surface area contributed by atoms with Gasteiger partial charge >= 0.3 is 0 Å². The molecule has 0 aliphatic heterocycles. The molecule has 2 heteroatoms. The number of hydrogen-bond acceptors (Lipinski definition) is 2. The fourth-order valence-corrected chi connectivity index (χ4v) is 2.78. The van der Waals surface area contributed by atoms with Gasteiger partial charge in [-0.1, -0.05) is 13.3 Å². The summed E-state index contributed by atoms with van der Waals surface area (Å²) in [7, 11) is 6.48. The van der Waals surface area contributed by atoms with Crippen LogP contribution < -0.4 is 5.32 Å². The largest absolute Gasteiger partial charge is 0.317 e. The predicted molar refractivity (Wildman–Crippen MR) is 62.5 cm³/mol. The molecule has 0 aromatic carbocycles. The average molecular weight is 198 g/mol. The zero-order chi connectivity index (χ0) is 10.6. The summed E-state index contributed by atoms with van der Waals surface area (Å²) in [4.78, 5) is 2.33. The lowest BCUT2D eigenvalue weighted by Gasteiger charge is -2.37. The molecule has 1 saturated carbocycles. The summed E-state index contributed by atoms with van der Waals surface area (Å²) in [5.41, 5.74) is 0. The van der Waals surface area contributed by atoms with Crippen molar-refractivity contribution >= 4 is 0 Å². The molecule has 0 bridgehead atoms. The Labute approximate surface area is 89.1 Å². The summed E-state index contributed by atoms with van der Waals surface area (Å²) in [6.45, 7) is 3.57. The molecular weight excluding hydrogens is 172 g/mol. The van der Waals surface area contributed by atoms with Gasteiger partial charge in [-0.3, -0.25) is 0 Å². The normalized spacial score (nSPS) is 33.6. The Morgan fingerprint density at radius 3 is 2.50 bits per heavy atom. The summed E-state index contributed by atoms with van der Waals surface area (Å²) in [5, 5.41) is 3.48. The van der Waals surface area contributed by atoms with Gasteiger partial charge in [-0.05, 0) is 52.2 Å². The molecule has 2 nitrogen and oxygen atoms in total. The van der Waals surface area contributed by atoms with Crippen molar-refractivity contribution in [1.82, 2.24) is 10.2 Å². The number of nitrogens with one attached hydrogen (secondary N) is 1. The van der Waals surface area contributed by atoms with E-state index >= 15 is 0 Å². The van der Waals surface area contributed by atoms with Crippen LogP contribution in [0.4, 0.5) is 0 Å². The number of nitrogens with zero attached hydrogens (tertiary/aromatic N) is 1. The highest BCUT2D eigenvalue weighted by atomic mass is 15.1. The third kappa shape index (κ3) is 3.25. The second kappa shape index (κ2) is 5.72. The molecule has 0 radical (unpaired) electrons. The highest BCUT2D eigenvalue weighted by molar-refractivity contribution is 4.84. The first-order valence-corrected chi connectivity index (χ1v) is 5.99. The molecule has 1 fully saturated rings. The Bertz CT molecular complexity index is 156. The summed E-state index contributed by atoms with van der Waals surface area (Å²) in [6, 6.07) is 0.750. The molecule has 0 saturated heterocycles. The number of hydrogen-bond donors (Lipinski definition) is 1. The van der Waals surface area contributed by atoms with E-state index < -0.39 is 0 Å². The lowest BCUT2D eigenvalue weighted by atomic mass is 9.77. The van der Waals surface area contributed by atoms with Crippen molar-refractivity contribution in [2.45, 2.75) is 38.6 Å². The van der Waals surface area contributed by atoms with Crippen molar-refractivity contribution in [2.75, 3.05) is 27.7 Å². The molecule has 0 aromatic heterocycles. The van der Waals surface area contributed by atoms with Gasteiger partial charge in [0, 0.05) is 12.6 Å². The fourth-order valence-electron chi connectivity index (χ4n) is 2.78. The van der Waals surface area contributed by atoms with Crippen LogP contribution >= 0.6 is 0 Å². The van der Waals surface area contributed by atoms with Crippen LogP contribution in [0.2, 0.25) is 0 Å². The molecule has 14 heavy (non-hydrogen) atoms. The molecule has 1 aliphatic rings. The van der Waals surface area contributed by atoms with Crippen LogP contribution in [-0.2, 0) is 0 Å². The third-order valence-electron chi connectivity index (χ3n) is 3.64. The Kier molecular flexibility index (Phi) is 4.90. The molecule has 84 valence electrons. The van der Waals surface area contributed by atoms with Crippen molar-refractivity contribution in [1.29, 1.82) is 0 Å². The number of rotatable bonds is 4. The van der Waals surface area contributed by atoms with Gasteiger partial charge in [0.15, 0.2) is 0 Å². The van der Waals surface area contributed by atoms with E-state index in [-0.39, 0.29) is 0 Å². The van der Waals surface area contributed by atoms with Crippen molar-refractivity contribution < 1.29 is 0 Å². The highest BCUT2D eigenvalue weighted by Gasteiger charge is 2.28. The molecule has 3 unspecified atom stereocenters. The van der Waals surface area contributed by atoms with Crippen molar-refractivity contribution in [3.63, 3.8) is 0 Å². The molecule has 1 rings (SSSR count). The van der Waals surface area contributed by atoms with E-state index in [1.165, 1.54) is 32.2 Å². The summed E-state index contributed by atoms with van der Waals surface area (Å²) in [6.07, 6.45) is 5.57. The molecule has 0 aromatic rings. The summed E-state index contributed by atoms with van der Waals surface area (Å²) >= 11 is 0. The van der Waals surface area contributed by atoms with E-state index in [4.69, 9.17) is 0 Å². The minimum absolute atomic E-state index is 0.750. The van der Waals surface area contributed by atoms with Crippen LogP contribution in [0.25, 0.3) is 0 Å². The van der Waals surface area contributed by atoms with E-state index in [0.29, 0.717) is 0 Å². The second-order valence-electron chi connectivity index (χ2n) is 5.00. The van der Waals surface area contributed by atoms with Crippen LogP contribution in [0.1, 0.15) is 32.6 Å². The van der Waals surface area contributed by atoms with Crippen LogP contribution in [0.15, 0.2) is 0 Å². The van der Waals surface area contributed by atoms with Crippen LogP contribution in [0, 0.1) is 11.8 Å². The maximum Gasteiger partial charge on any atom is 0.0105 e. The maximum absolute atomic E-state index is 3.48. The Morgan fingerprint density at radius 1 is 1.29 bits per heavy atom. The highest BCUT2D eigenvalue weighted by Crippen LogP contribution is 2.31. The summed E-state index contributed by atoms with van der Waals surface area (Å²) < 4.78 is 0. The molecule has 0 amide bonds. The minimum atomic E-state index is 0.750. The van der Waals surface area contributed by atoms with Gasteiger partial charge in [-0.2, -0.15) is 0 Å². The van der Waals surface area contributed by atoms with Crippen molar-refractivity contribution in [3.8, 4) is 0 Å². The maximum atomic E-state index is 3.48. The Hall–Kier alpha value is -0.0800. The quantitative estimate of drug-likeness (QED) is 0.743. The lowest BCUT2D eigenvalue weighted by Crippen LogP contribution is -2.43. The van der Waals surface area contributed by atoms with E-state index in [9.17, 15) is 0 Å². The summed E-state index contributed by atoms with van der Waals surface area (Å²) in [5.74, 6) is 1.83. The first kappa shape index (κ1) is 12.0. The fraction of sp³-hybridized carbons (Fsp3) is 1.00. The van der Waals surface area contributed by atoms with Crippen molar-refractivity contribution in [2.24, 2.45) is 11.8 Å². The molecule has 3 atom stereocenters. The van der Waals surface area contributed by atoms with Gasteiger partial charge in [-0.15, -0.1) is 0 Å². The predicted octanol–water partition coefficient (Wildman–Crippen LogP) is 1.96. The van der Waals surface area contributed by atoms with Gasteiger partial charge in [0.25, 0.3) is 0 Å². The molecule has 1 aliphatic carbocycles. The molecule has 0 heterocycles. The van der Waals surface area contributed by atoms with Gasteiger partial charge in [-0.25, -0.2) is 0 Å². The third-order valence-corrected chi connectivity index (χ3v) is 3.64. The van der Waals surface area contributed by atoms with Gasteiger partial charge in [0.1, 0.15) is 0 Å². The topological polar surface area (TPSA) is 15.3 Å². The smallest absolute Gasteiger partial charge is 0.0105 e. The van der Waals surface area contributed by atoms with Crippen molar-refractivity contribution in [3.05, 3.63) is 0 Å². The standard InChI is InChI=1S/C12H26N2/c1-5-10-6-7-12(13-2)11(8-10)9-14(3)4/h10-13H,5-9H2,1-4H3. The van der Waals surface area contributed by atoms with E-state index in [1.807, 2.05) is 0 Å². The van der Waals surface area contributed by atoms with Gasteiger partial charge in [0.2, 0.25) is 0 Å². The first-order valence-electron chi connectivity index (χ1n) is 5.99. The molecule has 0 spiro atoms. The van der Waals surface area contributed by atoms with Crippen LogP contribution in [0.5, 0.6) is 0 Å². The SMILES string of the molecule is CCC1CCC(NC)C(CN(C)C)C1. The molecular formula is C12H26N2. The van der Waals surface area contributed by atoms with E-state index in [1.54, 1.807) is 0 Å². The van der Waals surface area contributed by atoms with Gasteiger partial charge in [0.05, 0.1) is 0 Å². The second-order valence-corrected chi connectivity index (χ2v) is 5.00. The molecule has 1 N–H and O–H groups in total. The monoisotopic (exact) mass is 198 g/mol. The first-order chi connectivity index (χ1) is 6.67. The Morgan fingerprint density at radius 2 is 2.00 bits per heavy atom. The average Bonchev–Trinajstić information content (AvgIpc) is 2.16. The lowest BCUT2D eigenvalue weighted by molar-refractivity contribution is 0.168. The van der Waals surface area contributed by atoms with E-state index in [0.717, 1.165) is 17.9 Å². The van der Waals surface area contributed by atoms with Crippen LogP contribution in [-0.4, -0.2) is 38.6 Å². The van der Waals surface area contributed by atoms with Crippen LogP contribution in [0.3, 0.4) is 0 Å².